The van der Waals surface area contributed by atoms with E-state index in [0.717, 1.165) is 45.9 Å². The molecule has 0 spiro atoms. The maximum atomic E-state index is 11.8. The van der Waals surface area contributed by atoms with Crippen molar-refractivity contribution in [2.24, 2.45) is 4.99 Å². The van der Waals surface area contributed by atoms with E-state index in [1.165, 1.54) is 0 Å². The standard InChI is InChI=1S/C28H34N4O6S/c1-29-26(33)14-23-16-31-28(39-23)24-12-18-11-22(13-25(27(18)32-24)38-20-5-7-35-8-6-20)37-21-4-3-19(30-15-21)17-36-10-9-34-2/h3-4,11-13,15,20,23,32H,5-10,14,16-17H2,1-2H3,(H,29,33). The quantitative estimate of drug-likeness (QED) is 0.322. The molecule has 1 atom stereocenters. The monoisotopic (exact) mass is 554 g/mol. The van der Waals surface area contributed by atoms with Gasteiger partial charge in [-0.05, 0) is 24.3 Å². The van der Waals surface area contributed by atoms with Crippen molar-refractivity contribution in [1.29, 1.82) is 0 Å². The second kappa shape index (κ2) is 13.3. The zero-order valence-corrected chi connectivity index (χ0v) is 23.1. The van der Waals surface area contributed by atoms with Gasteiger partial charge in [-0.2, -0.15) is 0 Å². The van der Waals surface area contributed by atoms with Crippen LogP contribution in [0.2, 0.25) is 0 Å². The van der Waals surface area contributed by atoms with Crippen molar-refractivity contribution in [3.8, 4) is 17.2 Å². The second-order valence-corrected chi connectivity index (χ2v) is 10.7. The third-order valence-electron chi connectivity index (χ3n) is 6.48. The Bertz CT molecular complexity index is 1290. The van der Waals surface area contributed by atoms with Gasteiger partial charge in [-0.1, -0.05) is 11.8 Å². The molecule has 1 aromatic carbocycles. The molecule has 11 heteroatoms. The van der Waals surface area contributed by atoms with Gasteiger partial charge in [0.1, 0.15) is 28.4 Å². The lowest BCUT2D eigenvalue weighted by Crippen LogP contribution is -2.25. The summed E-state index contributed by atoms with van der Waals surface area (Å²) in [5.41, 5.74) is 2.61. The van der Waals surface area contributed by atoms with Gasteiger partial charge in [-0.3, -0.25) is 14.8 Å². The van der Waals surface area contributed by atoms with Crippen LogP contribution < -0.4 is 14.8 Å². The molecule has 0 radical (unpaired) electrons. The lowest BCUT2D eigenvalue weighted by atomic mass is 10.1. The van der Waals surface area contributed by atoms with Crippen molar-refractivity contribution in [3.05, 3.63) is 47.9 Å². The normalized spacial score (nSPS) is 17.8. The molecular weight excluding hydrogens is 520 g/mol. The van der Waals surface area contributed by atoms with Gasteiger partial charge in [-0.15, -0.1) is 0 Å². The van der Waals surface area contributed by atoms with Gasteiger partial charge in [0.25, 0.3) is 0 Å². The number of methoxy groups -OCH3 is 1. The number of aromatic nitrogens is 2. The van der Waals surface area contributed by atoms with Crippen LogP contribution in [0.1, 0.15) is 30.7 Å². The molecule has 2 aliphatic rings. The maximum absolute atomic E-state index is 11.8. The lowest BCUT2D eigenvalue weighted by Gasteiger charge is -2.24. The zero-order chi connectivity index (χ0) is 27.0. The molecule has 4 heterocycles. The summed E-state index contributed by atoms with van der Waals surface area (Å²) in [4.78, 5) is 24.5. The number of fused-ring (bicyclic) bond motifs is 1. The van der Waals surface area contributed by atoms with Crippen LogP contribution in [0.5, 0.6) is 17.2 Å². The summed E-state index contributed by atoms with van der Waals surface area (Å²) in [7, 11) is 3.30. The molecule has 1 fully saturated rings. The third-order valence-corrected chi connectivity index (χ3v) is 7.70. The first kappa shape index (κ1) is 27.4. The van der Waals surface area contributed by atoms with Crippen LogP contribution in [0.15, 0.2) is 41.5 Å². The molecule has 10 nitrogen and oxygen atoms in total. The van der Waals surface area contributed by atoms with Crippen LogP contribution in [0.25, 0.3) is 10.9 Å². The summed E-state index contributed by atoms with van der Waals surface area (Å²) in [6.07, 6.45) is 3.87. The molecule has 2 aliphatic heterocycles. The SMILES string of the molecule is CNC(=O)CC1CN=C(c2cc3cc(Oc4ccc(COCCOC)nc4)cc(OC4CCOCC4)c3[nH]2)S1. The fourth-order valence-electron chi connectivity index (χ4n) is 4.42. The van der Waals surface area contributed by atoms with Gasteiger partial charge in [0.05, 0.1) is 62.7 Å². The number of rotatable bonds is 12. The lowest BCUT2D eigenvalue weighted by molar-refractivity contribution is -0.120. The molecule has 208 valence electrons. The topological polar surface area (TPSA) is 116 Å². The van der Waals surface area contributed by atoms with Crippen molar-refractivity contribution in [3.63, 3.8) is 0 Å². The summed E-state index contributed by atoms with van der Waals surface area (Å²) in [6.45, 7) is 3.47. The number of nitrogens with zero attached hydrogens (tertiary/aromatic N) is 2. The number of aromatic amines is 1. The van der Waals surface area contributed by atoms with Crippen LogP contribution in [0.4, 0.5) is 0 Å². The second-order valence-electron chi connectivity index (χ2n) is 9.39. The largest absolute Gasteiger partial charge is 0.488 e. The number of aliphatic imine (C=N–C) groups is 1. The van der Waals surface area contributed by atoms with Crippen LogP contribution >= 0.6 is 11.8 Å². The van der Waals surface area contributed by atoms with Crippen molar-refractivity contribution >= 4 is 33.6 Å². The fraction of sp³-hybridized carbons (Fsp3) is 0.464. The predicted octanol–water partition coefficient (Wildman–Crippen LogP) is 4.07. The Balaban J connectivity index is 1.35. The van der Waals surface area contributed by atoms with Crippen molar-refractivity contribution in [1.82, 2.24) is 15.3 Å². The highest BCUT2D eigenvalue weighted by molar-refractivity contribution is 8.15. The Labute approximate surface area is 231 Å². The third kappa shape index (κ3) is 7.30. The van der Waals surface area contributed by atoms with E-state index in [-0.39, 0.29) is 17.3 Å². The summed E-state index contributed by atoms with van der Waals surface area (Å²) < 4.78 is 28.7. The number of carbonyl (C=O) groups is 1. The smallest absolute Gasteiger partial charge is 0.220 e. The van der Waals surface area contributed by atoms with Crippen LogP contribution in [-0.4, -0.2) is 79.4 Å². The van der Waals surface area contributed by atoms with Crippen molar-refractivity contribution in [2.45, 2.75) is 37.2 Å². The first-order chi connectivity index (χ1) is 19.1. The molecule has 3 aromatic rings. The average Bonchev–Trinajstić information content (AvgIpc) is 3.60. The molecule has 1 amide bonds. The van der Waals surface area contributed by atoms with Crippen molar-refractivity contribution < 1.29 is 28.5 Å². The zero-order valence-electron chi connectivity index (χ0n) is 22.2. The Kier molecular flexibility index (Phi) is 9.36. The minimum absolute atomic E-state index is 0.0238. The molecule has 39 heavy (non-hydrogen) atoms. The number of H-pyrrole nitrogens is 1. The summed E-state index contributed by atoms with van der Waals surface area (Å²) in [5, 5.41) is 4.67. The Morgan fingerprint density at radius 2 is 2.05 bits per heavy atom. The number of carbonyl (C=O) groups excluding carboxylic acids is 1. The highest BCUT2D eigenvalue weighted by Gasteiger charge is 2.25. The van der Waals surface area contributed by atoms with Gasteiger partial charge in [0.15, 0.2) is 0 Å². The highest BCUT2D eigenvalue weighted by atomic mass is 32.2. The molecule has 1 saturated heterocycles. The Morgan fingerprint density at radius 1 is 1.18 bits per heavy atom. The van der Waals surface area contributed by atoms with Crippen LogP contribution in [-0.2, 0) is 25.6 Å². The number of thioether (sulfide) groups is 1. The highest BCUT2D eigenvalue weighted by Crippen LogP contribution is 2.37. The number of benzene rings is 1. The Hall–Kier alpha value is -3.12. The number of pyridine rings is 1. The van der Waals surface area contributed by atoms with E-state index >= 15 is 0 Å². The molecule has 0 saturated carbocycles. The summed E-state index contributed by atoms with van der Waals surface area (Å²) >= 11 is 1.62. The van der Waals surface area contributed by atoms with Crippen molar-refractivity contribution in [2.75, 3.05) is 47.1 Å². The molecule has 5 rings (SSSR count). The van der Waals surface area contributed by atoms with Crippen LogP contribution in [0, 0.1) is 0 Å². The number of amides is 1. The number of hydrogen-bond donors (Lipinski definition) is 2. The summed E-state index contributed by atoms with van der Waals surface area (Å²) in [5.74, 6) is 2.02. The van der Waals surface area contributed by atoms with Gasteiger partial charge in [0.2, 0.25) is 5.91 Å². The van der Waals surface area contributed by atoms with E-state index in [4.69, 9.17) is 28.7 Å². The molecule has 1 unspecified atom stereocenters. The van der Waals surface area contributed by atoms with E-state index in [1.807, 2.05) is 24.3 Å². The van der Waals surface area contributed by atoms with Crippen LogP contribution in [0.3, 0.4) is 0 Å². The van der Waals surface area contributed by atoms with Gasteiger partial charge in [0, 0.05) is 50.1 Å². The molecular formula is C28H34N4O6S. The van der Waals surface area contributed by atoms with Gasteiger partial charge < -0.3 is 34.0 Å². The molecule has 2 aromatic heterocycles. The number of ether oxygens (including phenoxy) is 5. The van der Waals surface area contributed by atoms with E-state index in [9.17, 15) is 4.79 Å². The molecule has 0 aliphatic carbocycles. The van der Waals surface area contributed by atoms with E-state index in [2.05, 4.69) is 21.4 Å². The maximum Gasteiger partial charge on any atom is 0.220 e. The minimum atomic E-state index is 0.0238. The molecule has 0 bridgehead atoms. The Morgan fingerprint density at radius 3 is 2.82 bits per heavy atom. The molecule has 2 N–H and O–H groups in total. The van der Waals surface area contributed by atoms with Gasteiger partial charge >= 0.3 is 0 Å². The number of hydrogen-bond acceptors (Lipinski definition) is 9. The first-order valence-electron chi connectivity index (χ1n) is 13.1. The predicted molar refractivity (Wildman–Crippen MR) is 150 cm³/mol. The van der Waals surface area contributed by atoms with E-state index < -0.39 is 0 Å². The van der Waals surface area contributed by atoms with E-state index in [1.54, 1.807) is 32.1 Å². The summed E-state index contributed by atoms with van der Waals surface area (Å²) in [6, 6.07) is 9.73. The first-order valence-corrected chi connectivity index (χ1v) is 14.0. The number of nitrogens with one attached hydrogen (secondary N) is 2. The van der Waals surface area contributed by atoms with E-state index in [0.29, 0.717) is 57.5 Å². The average molecular weight is 555 g/mol. The fourth-order valence-corrected chi connectivity index (χ4v) is 5.50. The van der Waals surface area contributed by atoms with Gasteiger partial charge in [-0.25, -0.2) is 0 Å². The minimum Gasteiger partial charge on any atom is -0.488 e.